The van der Waals surface area contributed by atoms with Crippen LogP contribution in [-0.2, 0) is 0 Å². The Hall–Kier alpha value is -1.83. The zero-order chi connectivity index (χ0) is 9.97. The fraction of sp³-hybridized carbons (Fsp3) is 0.167. The van der Waals surface area contributed by atoms with Crippen LogP contribution in [0, 0.1) is 6.92 Å². The average Bonchev–Trinajstić information content (AvgIpc) is 2.75. The molecule has 0 aliphatic carbocycles. The van der Waals surface area contributed by atoms with Crippen LogP contribution in [0.15, 0.2) is 6.20 Å². The molecular formula is C6H6N6OS. The maximum Gasteiger partial charge on any atom is 0.299 e. The van der Waals surface area contributed by atoms with Gasteiger partial charge in [0.05, 0.1) is 0 Å². The summed E-state index contributed by atoms with van der Waals surface area (Å²) >= 11 is 1.38. The Morgan fingerprint density at radius 2 is 2.50 bits per heavy atom. The molecular weight excluding hydrogens is 204 g/mol. The van der Waals surface area contributed by atoms with Crippen molar-refractivity contribution in [2.24, 2.45) is 0 Å². The lowest BCUT2D eigenvalue weighted by molar-refractivity contribution is 0.101. The molecule has 0 aliphatic heterocycles. The van der Waals surface area contributed by atoms with Crippen molar-refractivity contribution in [3.05, 3.63) is 16.9 Å². The second kappa shape index (κ2) is 3.50. The standard InChI is InChI=1S/C6H6N6OS/c1-3-2-7-6(14-3)8-5(13)4-9-11-12-10-4/h2H,1H3,(H,7,8,13)(H,9,10,11,12). The Balaban J connectivity index is 2.09. The molecule has 2 heterocycles. The summed E-state index contributed by atoms with van der Waals surface area (Å²) < 4.78 is 0. The van der Waals surface area contributed by atoms with E-state index in [1.165, 1.54) is 11.3 Å². The van der Waals surface area contributed by atoms with E-state index in [1.54, 1.807) is 6.20 Å². The van der Waals surface area contributed by atoms with Crippen LogP contribution in [0.25, 0.3) is 0 Å². The van der Waals surface area contributed by atoms with Crippen LogP contribution < -0.4 is 5.32 Å². The number of hydrogen-bond acceptors (Lipinski definition) is 6. The summed E-state index contributed by atoms with van der Waals surface area (Å²) in [5.41, 5.74) is 0. The van der Waals surface area contributed by atoms with E-state index >= 15 is 0 Å². The number of tetrazole rings is 1. The van der Waals surface area contributed by atoms with E-state index in [-0.39, 0.29) is 5.82 Å². The first-order valence-electron chi connectivity index (χ1n) is 3.73. The molecule has 2 aromatic rings. The molecule has 2 N–H and O–H groups in total. The van der Waals surface area contributed by atoms with E-state index in [0.717, 1.165) is 4.88 Å². The highest BCUT2D eigenvalue weighted by Gasteiger charge is 2.11. The lowest BCUT2D eigenvalue weighted by Gasteiger charge is -1.94. The zero-order valence-electron chi connectivity index (χ0n) is 7.18. The van der Waals surface area contributed by atoms with Crippen molar-refractivity contribution in [3.8, 4) is 0 Å². The van der Waals surface area contributed by atoms with Crippen molar-refractivity contribution >= 4 is 22.4 Å². The van der Waals surface area contributed by atoms with Crippen molar-refractivity contribution in [3.63, 3.8) is 0 Å². The lowest BCUT2D eigenvalue weighted by Crippen LogP contribution is -2.13. The average molecular weight is 210 g/mol. The fourth-order valence-electron chi connectivity index (χ4n) is 0.824. The molecule has 1 amide bonds. The van der Waals surface area contributed by atoms with Crippen LogP contribution >= 0.6 is 11.3 Å². The maximum absolute atomic E-state index is 11.4. The molecule has 0 bridgehead atoms. The summed E-state index contributed by atoms with van der Waals surface area (Å²) in [5, 5.41) is 15.6. The van der Waals surface area contributed by atoms with Gasteiger partial charge in [0, 0.05) is 11.1 Å². The van der Waals surface area contributed by atoms with Crippen LogP contribution in [0.1, 0.15) is 15.5 Å². The number of aryl methyl sites for hydroxylation is 1. The number of rotatable bonds is 2. The van der Waals surface area contributed by atoms with Crippen LogP contribution in [0.2, 0.25) is 0 Å². The summed E-state index contributed by atoms with van der Waals surface area (Å²) in [4.78, 5) is 16.3. The molecule has 0 radical (unpaired) electrons. The summed E-state index contributed by atoms with van der Waals surface area (Å²) in [5.74, 6) is -0.425. The number of hydrogen-bond donors (Lipinski definition) is 2. The first-order valence-corrected chi connectivity index (χ1v) is 4.54. The SMILES string of the molecule is Cc1cnc(NC(=O)c2nn[nH]n2)s1. The molecule has 0 atom stereocenters. The predicted molar refractivity (Wildman–Crippen MR) is 49.0 cm³/mol. The molecule has 72 valence electrons. The van der Waals surface area contributed by atoms with Crippen LogP contribution in [-0.4, -0.2) is 31.5 Å². The molecule has 0 saturated heterocycles. The minimum Gasteiger partial charge on any atom is -0.295 e. The molecule has 0 fully saturated rings. The Labute approximate surface area is 82.6 Å². The summed E-state index contributed by atoms with van der Waals surface area (Å²) in [6.07, 6.45) is 1.68. The number of carbonyl (C=O) groups excluding carboxylic acids is 1. The largest absolute Gasteiger partial charge is 0.299 e. The number of anilines is 1. The van der Waals surface area contributed by atoms with Gasteiger partial charge in [-0.25, -0.2) is 4.98 Å². The van der Waals surface area contributed by atoms with E-state index < -0.39 is 5.91 Å². The Morgan fingerprint density at radius 3 is 3.07 bits per heavy atom. The highest BCUT2D eigenvalue weighted by atomic mass is 32.1. The quantitative estimate of drug-likeness (QED) is 0.738. The summed E-state index contributed by atoms with van der Waals surface area (Å²) in [6.45, 7) is 1.90. The third kappa shape index (κ3) is 1.74. The number of aromatic amines is 1. The molecule has 0 saturated carbocycles. The fourth-order valence-corrected chi connectivity index (χ4v) is 1.48. The maximum atomic E-state index is 11.4. The van der Waals surface area contributed by atoms with E-state index in [4.69, 9.17) is 0 Å². The van der Waals surface area contributed by atoms with Gasteiger partial charge < -0.3 is 0 Å². The highest BCUT2D eigenvalue weighted by Crippen LogP contribution is 2.16. The van der Waals surface area contributed by atoms with Crippen LogP contribution in [0.4, 0.5) is 5.13 Å². The lowest BCUT2D eigenvalue weighted by atomic mass is 10.6. The van der Waals surface area contributed by atoms with Gasteiger partial charge in [0.2, 0.25) is 0 Å². The van der Waals surface area contributed by atoms with Crippen molar-refractivity contribution < 1.29 is 4.79 Å². The molecule has 0 aromatic carbocycles. The number of thiazole rings is 1. The third-order valence-electron chi connectivity index (χ3n) is 1.39. The molecule has 8 heteroatoms. The van der Waals surface area contributed by atoms with E-state index in [9.17, 15) is 4.79 Å². The van der Waals surface area contributed by atoms with Gasteiger partial charge in [0.25, 0.3) is 11.7 Å². The number of carbonyl (C=O) groups is 1. The third-order valence-corrected chi connectivity index (χ3v) is 2.22. The Morgan fingerprint density at radius 1 is 1.64 bits per heavy atom. The second-order valence-electron chi connectivity index (χ2n) is 2.47. The number of nitrogens with one attached hydrogen (secondary N) is 2. The predicted octanol–water partition coefficient (Wildman–Crippen LogP) is 0.217. The van der Waals surface area contributed by atoms with Gasteiger partial charge in [0.1, 0.15) is 0 Å². The smallest absolute Gasteiger partial charge is 0.295 e. The molecule has 7 nitrogen and oxygen atoms in total. The normalized spacial score (nSPS) is 10.1. The topological polar surface area (TPSA) is 96.5 Å². The van der Waals surface area contributed by atoms with Gasteiger partial charge >= 0.3 is 0 Å². The van der Waals surface area contributed by atoms with Gasteiger partial charge in [-0.05, 0) is 12.1 Å². The molecule has 0 unspecified atom stereocenters. The molecule has 14 heavy (non-hydrogen) atoms. The van der Waals surface area contributed by atoms with E-state index in [2.05, 4.69) is 30.9 Å². The second-order valence-corrected chi connectivity index (χ2v) is 3.70. The molecule has 2 rings (SSSR count). The van der Waals surface area contributed by atoms with Crippen molar-refractivity contribution in [2.45, 2.75) is 6.92 Å². The number of amides is 1. The highest BCUT2D eigenvalue weighted by molar-refractivity contribution is 7.15. The molecule has 0 aliphatic rings. The van der Waals surface area contributed by atoms with Crippen molar-refractivity contribution in [2.75, 3.05) is 5.32 Å². The van der Waals surface area contributed by atoms with Crippen LogP contribution in [0.3, 0.4) is 0 Å². The Bertz CT molecular complexity index is 435. The summed E-state index contributed by atoms with van der Waals surface area (Å²) in [7, 11) is 0. The number of nitrogens with zero attached hydrogens (tertiary/aromatic N) is 4. The molecule has 2 aromatic heterocycles. The summed E-state index contributed by atoms with van der Waals surface area (Å²) in [6, 6.07) is 0. The molecule has 0 spiro atoms. The number of aromatic nitrogens is 5. The Kier molecular flexibility index (Phi) is 2.19. The van der Waals surface area contributed by atoms with Gasteiger partial charge in [-0.15, -0.1) is 21.5 Å². The minimum atomic E-state index is -0.423. The first kappa shape index (κ1) is 8.75. The van der Waals surface area contributed by atoms with Gasteiger partial charge in [-0.3, -0.25) is 10.1 Å². The van der Waals surface area contributed by atoms with Gasteiger partial charge in [-0.1, -0.05) is 0 Å². The van der Waals surface area contributed by atoms with E-state index in [1.807, 2.05) is 6.92 Å². The van der Waals surface area contributed by atoms with Gasteiger partial charge in [0.15, 0.2) is 5.13 Å². The van der Waals surface area contributed by atoms with E-state index in [0.29, 0.717) is 5.13 Å². The minimum absolute atomic E-state index is 0.00199. The van der Waals surface area contributed by atoms with Gasteiger partial charge in [-0.2, -0.15) is 5.21 Å². The van der Waals surface area contributed by atoms with Crippen LogP contribution in [0.5, 0.6) is 0 Å². The monoisotopic (exact) mass is 210 g/mol. The zero-order valence-corrected chi connectivity index (χ0v) is 8.00. The number of H-pyrrole nitrogens is 1. The van der Waals surface area contributed by atoms with Crippen molar-refractivity contribution in [1.29, 1.82) is 0 Å². The first-order chi connectivity index (χ1) is 6.75. The van der Waals surface area contributed by atoms with Crippen molar-refractivity contribution in [1.82, 2.24) is 25.6 Å².